The molecule has 8 heteroatoms. The first-order valence-electron chi connectivity index (χ1n) is 10.1. The van der Waals surface area contributed by atoms with E-state index in [9.17, 15) is 0 Å². The van der Waals surface area contributed by atoms with Crippen LogP contribution in [0.25, 0.3) is 5.65 Å². The molecule has 1 saturated heterocycles. The molecule has 0 atom stereocenters. The van der Waals surface area contributed by atoms with Crippen LogP contribution < -0.4 is 4.90 Å². The van der Waals surface area contributed by atoms with E-state index in [0.717, 1.165) is 43.5 Å². The Morgan fingerprint density at radius 1 is 1.14 bits per heavy atom. The zero-order valence-electron chi connectivity index (χ0n) is 17.1. The molecule has 8 nitrogen and oxygen atoms in total. The maximum atomic E-state index is 4.82. The van der Waals surface area contributed by atoms with Gasteiger partial charge in [-0.05, 0) is 38.1 Å². The van der Waals surface area contributed by atoms with Gasteiger partial charge in [-0.25, -0.2) is 0 Å². The normalized spacial score (nSPS) is 17.5. The lowest BCUT2D eigenvalue weighted by molar-refractivity contribution is 0.194. The fourth-order valence-electron chi connectivity index (χ4n) is 4.12. The molecular formula is C20H28N8. The van der Waals surface area contributed by atoms with Crippen LogP contribution >= 0.6 is 0 Å². The van der Waals surface area contributed by atoms with Crippen molar-refractivity contribution in [2.24, 2.45) is 0 Å². The van der Waals surface area contributed by atoms with Crippen molar-refractivity contribution in [2.75, 3.05) is 25.0 Å². The van der Waals surface area contributed by atoms with Crippen LogP contribution in [-0.4, -0.2) is 60.7 Å². The van der Waals surface area contributed by atoms with Gasteiger partial charge in [-0.3, -0.25) is 9.58 Å². The summed E-state index contributed by atoms with van der Waals surface area (Å²) in [7, 11) is 2.20. The smallest absolute Gasteiger partial charge is 0.178 e. The molecule has 1 fully saturated rings. The average Bonchev–Trinajstić information content (AvgIpc) is 3.26. The first kappa shape index (κ1) is 17.6. The molecule has 148 valence electrons. The van der Waals surface area contributed by atoms with Gasteiger partial charge in [0.05, 0.1) is 5.69 Å². The van der Waals surface area contributed by atoms with E-state index in [1.807, 2.05) is 16.6 Å². The molecule has 0 unspecified atom stereocenters. The molecule has 0 bridgehead atoms. The summed E-state index contributed by atoms with van der Waals surface area (Å²) in [6.45, 7) is 10.4. The third-order valence-corrected chi connectivity index (χ3v) is 5.86. The van der Waals surface area contributed by atoms with E-state index in [2.05, 4.69) is 58.6 Å². The molecule has 0 N–H and O–H groups in total. The highest BCUT2D eigenvalue weighted by Crippen LogP contribution is 2.25. The predicted octanol–water partition coefficient (Wildman–Crippen LogP) is 1.89. The fraction of sp³-hybridized carbons (Fsp3) is 0.600. The SMILES string of the molecule is CN(Cc1cc2n(n1)CCC2)C1CN(c2ccc3nnc(C(C)(C)C)n3n2)C1. The summed E-state index contributed by atoms with van der Waals surface area (Å²) in [5.74, 6) is 1.88. The van der Waals surface area contributed by atoms with Gasteiger partial charge in [0.2, 0.25) is 0 Å². The molecule has 5 heterocycles. The number of rotatable bonds is 4. The summed E-state index contributed by atoms with van der Waals surface area (Å²) in [6, 6.07) is 6.85. The van der Waals surface area contributed by atoms with E-state index >= 15 is 0 Å². The molecule has 2 aliphatic heterocycles. The van der Waals surface area contributed by atoms with Gasteiger partial charge in [0, 0.05) is 43.3 Å². The first-order chi connectivity index (χ1) is 13.4. The molecule has 0 saturated carbocycles. The van der Waals surface area contributed by atoms with Crippen molar-refractivity contribution in [3.8, 4) is 0 Å². The quantitative estimate of drug-likeness (QED) is 0.689. The lowest BCUT2D eigenvalue weighted by Crippen LogP contribution is -2.58. The number of hydrogen-bond donors (Lipinski definition) is 0. The molecule has 0 aliphatic carbocycles. The van der Waals surface area contributed by atoms with Gasteiger partial charge in [0.15, 0.2) is 11.5 Å². The Hall–Kier alpha value is -2.48. The molecule has 0 amide bonds. The van der Waals surface area contributed by atoms with Crippen molar-refractivity contribution >= 4 is 11.5 Å². The van der Waals surface area contributed by atoms with Crippen LogP contribution in [0.5, 0.6) is 0 Å². The highest BCUT2D eigenvalue weighted by atomic mass is 15.4. The maximum absolute atomic E-state index is 4.82. The maximum Gasteiger partial charge on any atom is 0.178 e. The van der Waals surface area contributed by atoms with Gasteiger partial charge >= 0.3 is 0 Å². The standard InChI is InChI=1S/C20H28N8/c1-20(2,3)19-22-21-17-7-8-18(24-28(17)19)26-12-16(13-26)25(4)11-14-10-15-6-5-9-27(15)23-14/h7-8,10,16H,5-6,9,11-13H2,1-4H3. The zero-order valence-corrected chi connectivity index (χ0v) is 17.1. The van der Waals surface area contributed by atoms with Crippen molar-refractivity contribution in [3.63, 3.8) is 0 Å². The van der Waals surface area contributed by atoms with Crippen LogP contribution in [0.1, 0.15) is 44.4 Å². The van der Waals surface area contributed by atoms with Crippen molar-refractivity contribution < 1.29 is 0 Å². The minimum atomic E-state index is -0.0897. The van der Waals surface area contributed by atoms with E-state index < -0.39 is 0 Å². The number of aryl methyl sites for hydroxylation is 2. The minimum Gasteiger partial charge on any atom is -0.352 e. The highest BCUT2D eigenvalue weighted by molar-refractivity contribution is 5.48. The van der Waals surface area contributed by atoms with Crippen LogP contribution in [-0.2, 0) is 24.9 Å². The molecule has 3 aromatic heterocycles. The lowest BCUT2D eigenvalue weighted by atomic mass is 9.96. The average molecular weight is 381 g/mol. The van der Waals surface area contributed by atoms with Gasteiger partial charge < -0.3 is 4.90 Å². The Balaban J connectivity index is 1.25. The molecule has 2 aliphatic rings. The first-order valence-corrected chi connectivity index (χ1v) is 10.1. The lowest BCUT2D eigenvalue weighted by Gasteiger charge is -2.44. The Morgan fingerprint density at radius 2 is 1.96 bits per heavy atom. The Morgan fingerprint density at radius 3 is 2.71 bits per heavy atom. The molecule has 3 aromatic rings. The summed E-state index contributed by atoms with van der Waals surface area (Å²) in [5, 5.41) is 18.2. The second-order valence-corrected chi connectivity index (χ2v) is 9.16. The van der Waals surface area contributed by atoms with Gasteiger partial charge in [-0.1, -0.05) is 20.8 Å². The topological polar surface area (TPSA) is 67.4 Å². The Bertz CT molecular complexity index is 984. The van der Waals surface area contributed by atoms with E-state index in [0.29, 0.717) is 6.04 Å². The number of nitrogens with zero attached hydrogens (tertiary/aromatic N) is 8. The molecule has 5 rings (SSSR count). The van der Waals surface area contributed by atoms with Crippen molar-refractivity contribution in [2.45, 2.75) is 58.2 Å². The van der Waals surface area contributed by atoms with Crippen LogP contribution in [0.2, 0.25) is 0 Å². The van der Waals surface area contributed by atoms with Crippen LogP contribution in [0.15, 0.2) is 18.2 Å². The second kappa shape index (κ2) is 6.27. The molecule has 0 radical (unpaired) electrons. The number of fused-ring (bicyclic) bond motifs is 2. The largest absolute Gasteiger partial charge is 0.352 e. The van der Waals surface area contributed by atoms with Crippen LogP contribution in [0, 0.1) is 0 Å². The highest BCUT2D eigenvalue weighted by Gasteiger charge is 2.32. The van der Waals surface area contributed by atoms with Crippen molar-refractivity contribution in [1.29, 1.82) is 0 Å². The van der Waals surface area contributed by atoms with E-state index in [4.69, 9.17) is 10.2 Å². The predicted molar refractivity (Wildman–Crippen MR) is 107 cm³/mol. The van der Waals surface area contributed by atoms with Gasteiger partial charge in [0.25, 0.3) is 0 Å². The molecule has 28 heavy (non-hydrogen) atoms. The van der Waals surface area contributed by atoms with E-state index in [-0.39, 0.29) is 5.41 Å². The van der Waals surface area contributed by atoms with E-state index in [1.165, 1.54) is 24.2 Å². The number of anilines is 1. The monoisotopic (exact) mass is 380 g/mol. The number of likely N-dealkylation sites (N-methyl/N-ethyl adjacent to an activating group) is 1. The number of hydrogen-bond acceptors (Lipinski definition) is 6. The Kier molecular flexibility index (Phi) is 3.94. The third kappa shape index (κ3) is 2.96. The van der Waals surface area contributed by atoms with Gasteiger partial charge in [0.1, 0.15) is 5.82 Å². The van der Waals surface area contributed by atoms with Crippen LogP contribution in [0.3, 0.4) is 0 Å². The van der Waals surface area contributed by atoms with Gasteiger partial charge in [-0.15, -0.1) is 15.3 Å². The molecule has 0 spiro atoms. The summed E-state index contributed by atoms with van der Waals surface area (Å²) < 4.78 is 4.06. The fourth-order valence-corrected chi connectivity index (χ4v) is 4.12. The zero-order chi connectivity index (χ0) is 19.5. The second-order valence-electron chi connectivity index (χ2n) is 9.16. The summed E-state index contributed by atoms with van der Waals surface area (Å²) in [5.41, 5.74) is 3.29. The summed E-state index contributed by atoms with van der Waals surface area (Å²) in [6.07, 6.45) is 2.40. The Labute approximate surface area is 165 Å². The van der Waals surface area contributed by atoms with Crippen LogP contribution in [0.4, 0.5) is 5.82 Å². The van der Waals surface area contributed by atoms with E-state index in [1.54, 1.807) is 0 Å². The molecular weight excluding hydrogens is 352 g/mol. The van der Waals surface area contributed by atoms with Gasteiger partial charge in [-0.2, -0.15) is 9.61 Å². The summed E-state index contributed by atoms with van der Waals surface area (Å²) in [4.78, 5) is 4.73. The minimum absolute atomic E-state index is 0.0897. The molecule has 0 aromatic carbocycles. The third-order valence-electron chi connectivity index (χ3n) is 5.86. The number of aromatic nitrogens is 6. The van der Waals surface area contributed by atoms with Crippen molar-refractivity contribution in [3.05, 3.63) is 35.4 Å². The summed E-state index contributed by atoms with van der Waals surface area (Å²) >= 11 is 0. The van der Waals surface area contributed by atoms with Crippen molar-refractivity contribution in [1.82, 2.24) is 34.5 Å².